The van der Waals surface area contributed by atoms with E-state index >= 15 is 0 Å². The molecule has 0 atom stereocenters. The number of carbonyl (C=O) groups excluding carboxylic acids is 2. The largest absolute Gasteiger partial charge is 0.507 e. The molecule has 8 heteroatoms. The van der Waals surface area contributed by atoms with E-state index in [4.69, 9.17) is 0 Å². The zero-order chi connectivity index (χ0) is 17.4. The number of carbonyl (C=O) groups is 2. The van der Waals surface area contributed by atoms with Crippen molar-refractivity contribution < 1.29 is 19.4 Å². The molecule has 0 saturated carbocycles. The molecule has 2 aromatic heterocycles. The van der Waals surface area contributed by atoms with E-state index in [1.807, 2.05) is 0 Å². The molecule has 0 saturated heterocycles. The Bertz CT molecular complexity index is 1030. The van der Waals surface area contributed by atoms with Crippen LogP contribution in [0.3, 0.4) is 0 Å². The molecule has 24 heavy (non-hydrogen) atoms. The van der Waals surface area contributed by atoms with Crippen LogP contribution in [0.1, 0.15) is 26.4 Å². The summed E-state index contributed by atoms with van der Waals surface area (Å²) in [5.41, 5.74) is -0.583. The SMILES string of the molecule is COC(=O)c1nc2[nH]n(C)c(=O)c2cc1C(=O)c1ccccc1O. The van der Waals surface area contributed by atoms with Gasteiger partial charge in [0, 0.05) is 7.05 Å². The minimum Gasteiger partial charge on any atom is -0.507 e. The summed E-state index contributed by atoms with van der Waals surface area (Å²) in [6.45, 7) is 0. The number of phenolic OH excluding ortho intramolecular Hbond substituents is 1. The molecule has 0 fully saturated rings. The number of ketones is 1. The first-order valence-electron chi connectivity index (χ1n) is 6.94. The number of methoxy groups -OCH3 is 1. The molecule has 1 aromatic carbocycles. The molecule has 3 aromatic rings. The summed E-state index contributed by atoms with van der Waals surface area (Å²) in [5.74, 6) is -1.69. The van der Waals surface area contributed by atoms with Gasteiger partial charge >= 0.3 is 5.97 Å². The number of H-pyrrole nitrogens is 1. The average Bonchev–Trinajstić information content (AvgIpc) is 2.87. The molecule has 0 aliphatic heterocycles. The maximum absolute atomic E-state index is 12.7. The van der Waals surface area contributed by atoms with E-state index in [2.05, 4.69) is 14.8 Å². The lowest BCUT2D eigenvalue weighted by molar-refractivity contribution is 0.0591. The molecule has 0 bridgehead atoms. The number of hydrogen-bond donors (Lipinski definition) is 2. The Morgan fingerprint density at radius 2 is 1.96 bits per heavy atom. The van der Waals surface area contributed by atoms with Crippen molar-refractivity contribution in [3.8, 4) is 5.75 Å². The van der Waals surface area contributed by atoms with Crippen molar-refractivity contribution in [2.45, 2.75) is 0 Å². The Labute approximate surface area is 135 Å². The number of benzene rings is 1. The maximum atomic E-state index is 12.7. The molecule has 3 rings (SSSR count). The second-order valence-corrected chi connectivity index (χ2v) is 5.09. The fraction of sp³-hybridized carbons (Fsp3) is 0.125. The van der Waals surface area contributed by atoms with Crippen molar-refractivity contribution in [2.24, 2.45) is 7.05 Å². The zero-order valence-corrected chi connectivity index (χ0v) is 12.9. The van der Waals surface area contributed by atoms with Crippen LogP contribution in [0.15, 0.2) is 35.1 Å². The van der Waals surface area contributed by atoms with Crippen molar-refractivity contribution in [1.82, 2.24) is 14.8 Å². The van der Waals surface area contributed by atoms with Crippen molar-refractivity contribution >= 4 is 22.8 Å². The molecule has 0 spiro atoms. The molecule has 0 aliphatic rings. The summed E-state index contributed by atoms with van der Waals surface area (Å²) in [6, 6.07) is 7.19. The lowest BCUT2D eigenvalue weighted by atomic mass is 10.00. The van der Waals surface area contributed by atoms with Crippen molar-refractivity contribution in [1.29, 1.82) is 0 Å². The van der Waals surface area contributed by atoms with Gasteiger partial charge < -0.3 is 9.84 Å². The highest BCUT2D eigenvalue weighted by atomic mass is 16.5. The number of ether oxygens (including phenoxy) is 1. The van der Waals surface area contributed by atoms with Gasteiger partial charge in [0.25, 0.3) is 5.56 Å². The van der Waals surface area contributed by atoms with Crippen LogP contribution >= 0.6 is 0 Å². The normalized spacial score (nSPS) is 10.8. The van der Waals surface area contributed by atoms with Crippen LogP contribution < -0.4 is 5.56 Å². The van der Waals surface area contributed by atoms with Crippen molar-refractivity contribution in [3.05, 3.63) is 57.5 Å². The second kappa shape index (κ2) is 5.65. The summed E-state index contributed by atoms with van der Waals surface area (Å²) in [7, 11) is 2.66. The minimum atomic E-state index is -0.819. The Morgan fingerprint density at radius 1 is 1.25 bits per heavy atom. The van der Waals surface area contributed by atoms with Gasteiger partial charge in [0.15, 0.2) is 17.1 Å². The number of aromatic hydroxyl groups is 1. The number of rotatable bonds is 3. The zero-order valence-electron chi connectivity index (χ0n) is 12.9. The fourth-order valence-electron chi connectivity index (χ4n) is 2.39. The average molecular weight is 327 g/mol. The lowest BCUT2D eigenvalue weighted by Gasteiger charge is -2.07. The molecule has 122 valence electrons. The number of hydrogen-bond acceptors (Lipinski definition) is 6. The molecule has 0 radical (unpaired) electrons. The Balaban J connectivity index is 2.30. The third kappa shape index (κ3) is 2.34. The summed E-state index contributed by atoms with van der Waals surface area (Å²) in [4.78, 5) is 40.9. The highest BCUT2D eigenvalue weighted by molar-refractivity contribution is 6.16. The fourth-order valence-corrected chi connectivity index (χ4v) is 2.39. The van der Waals surface area contributed by atoms with Gasteiger partial charge in [0.05, 0.1) is 23.6 Å². The number of aryl methyl sites for hydroxylation is 1. The number of nitrogens with zero attached hydrogens (tertiary/aromatic N) is 2. The van der Waals surface area contributed by atoms with Gasteiger partial charge in [-0.15, -0.1) is 0 Å². The van der Waals surface area contributed by atoms with Crippen LogP contribution in [0.25, 0.3) is 11.0 Å². The van der Waals surface area contributed by atoms with Gasteiger partial charge in [-0.2, -0.15) is 0 Å². The molecule has 0 amide bonds. The molecule has 0 aliphatic carbocycles. The van der Waals surface area contributed by atoms with Crippen LogP contribution in [0.5, 0.6) is 5.75 Å². The first kappa shape index (κ1) is 15.5. The number of fused-ring (bicyclic) bond motifs is 1. The molecular formula is C16H13N3O5. The second-order valence-electron chi connectivity index (χ2n) is 5.09. The van der Waals surface area contributed by atoms with Gasteiger partial charge in [-0.3, -0.25) is 19.4 Å². The van der Waals surface area contributed by atoms with Gasteiger partial charge in [-0.25, -0.2) is 9.78 Å². The van der Waals surface area contributed by atoms with E-state index in [1.54, 1.807) is 12.1 Å². The van der Waals surface area contributed by atoms with Crippen LogP contribution in [0.4, 0.5) is 0 Å². The molecular weight excluding hydrogens is 314 g/mol. The Morgan fingerprint density at radius 3 is 2.62 bits per heavy atom. The number of esters is 1. The van der Waals surface area contributed by atoms with Crippen LogP contribution in [0, 0.1) is 0 Å². The van der Waals surface area contributed by atoms with Crippen LogP contribution in [0.2, 0.25) is 0 Å². The molecule has 8 nitrogen and oxygen atoms in total. The Hall–Kier alpha value is -3.42. The molecule has 2 N–H and O–H groups in total. The molecule has 2 heterocycles. The minimum absolute atomic E-state index is 0.00355. The quantitative estimate of drug-likeness (QED) is 0.547. The highest BCUT2D eigenvalue weighted by Crippen LogP contribution is 2.23. The van der Waals surface area contributed by atoms with Gasteiger partial charge in [-0.05, 0) is 18.2 Å². The predicted octanol–water partition coefficient (Wildman–Crippen LogP) is 0.985. The maximum Gasteiger partial charge on any atom is 0.357 e. The predicted molar refractivity (Wildman–Crippen MR) is 84.2 cm³/mol. The number of nitrogens with one attached hydrogen (secondary N) is 1. The Kier molecular flexibility index (Phi) is 3.64. The monoisotopic (exact) mass is 327 g/mol. The smallest absolute Gasteiger partial charge is 0.357 e. The topological polar surface area (TPSA) is 114 Å². The number of aromatic nitrogens is 3. The van der Waals surface area contributed by atoms with Crippen LogP contribution in [-0.2, 0) is 11.8 Å². The van der Waals surface area contributed by atoms with E-state index in [-0.39, 0.29) is 39.2 Å². The van der Waals surface area contributed by atoms with Gasteiger partial charge in [0.1, 0.15) is 5.75 Å². The first-order chi connectivity index (χ1) is 11.4. The van der Waals surface area contributed by atoms with E-state index in [9.17, 15) is 19.5 Å². The van der Waals surface area contributed by atoms with Gasteiger partial charge in [-0.1, -0.05) is 12.1 Å². The number of pyridine rings is 1. The standard InChI is InChI=1S/C16H13N3O5/c1-19-15(22)10-7-9(12(16(23)24-2)17-14(10)18-19)13(21)8-5-3-4-6-11(8)20/h3-7,20H,1-2H3,(H,17,18). The highest BCUT2D eigenvalue weighted by Gasteiger charge is 2.25. The summed E-state index contributed by atoms with van der Waals surface area (Å²) in [5, 5.41) is 12.7. The lowest BCUT2D eigenvalue weighted by Crippen LogP contribution is -2.15. The van der Waals surface area contributed by atoms with Crippen molar-refractivity contribution in [3.63, 3.8) is 0 Å². The van der Waals surface area contributed by atoms with Gasteiger partial charge in [0.2, 0.25) is 0 Å². The summed E-state index contributed by atoms with van der Waals surface area (Å²) in [6.07, 6.45) is 0. The summed E-state index contributed by atoms with van der Waals surface area (Å²) < 4.78 is 5.85. The number of para-hydroxylation sites is 1. The van der Waals surface area contributed by atoms with Crippen molar-refractivity contribution in [2.75, 3.05) is 7.11 Å². The third-order valence-corrected chi connectivity index (χ3v) is 3.60. The number of aromatic amines is 1. The first-order valence-corrected chi connectivity index (χ1v) is 6.94. The third-order valence-electron chi connectivity index (χ3n) is 3.60. The van der Waals surface area contributed by atoms with E-state index in [0.29, 0.717) is 0 Å². The number of phenols is 1. The van der Waals surface area contributed by atoms with E-state index in [1.165, 1.54) is 29.9 Å². The molecule has 0 unspecified atom stereocenters. The summed E-state index contributed by atoms with van der Waals surface area (Å²) >= 11 is 0. The van der Waals surface area contributed by atoms with E-state index in [0.717, 1.165) is 7.11 Å². The van der Waals surface area contributed by atoms with E-state index < -0.39 is 11.8 Å². The van der Waals surface area contributed by atoms with Crippen LogP contribution in [-0.4, -0.2) is 38.7 Å².